The monoisotopic (exact) mass is 446 g/mol. The Balaban J connectivity index is 1.79. The van der Waals surface area contributed by atoms with Crippen molar-refractivity contribution in [2.24, 2.45) is 5.10 Å². The Hall–Kier alpha value is -3.57. The van der Waals surface area contributed by atoms with Crippen LogP contribution in [0.1, 0.15) is 24.5 Å². The molecule has 0 saturated heterocycles. The summed E-state index contributed by atoms with van der Waals surface area (Å²) in [6.45, 7) is 2.56. The zero-order chi connectivity index (χ0) is 22.5. The lowest BCUT2D eigenvalue weighted by molar-refractivity contribution is -0.114. The van der Waals surface area contributed by atoms with Gasteiger partial charge in [0, 0.05) is 5.56 Å². The maximum absolute atomic E-state index is 13.4. The van der Waals surface area contributed by atoms with Crippen LogP contribution in [-0.2, 0) is 4.79 Å². The number of hydrogen-bond acceptors (Lipinski definition) is 4. The van der Waals surface area contributed by atoms with Crippen molar-refractivity contribution in [1.82, 2.24) is 0 Å². The molecule has 1 amide bonds. The third-order valence-electron chi connectivity index (χ3n) is 4.94. The SMILES string of the molecule is CCCOc1c(Cl)cc(/C=C2\C(=O)N(c3ccccc3)N=C2c2ccccc2)cc1OC. The van der Waals surface area contributed by atoms with E-state index in [0.717, 1.165) is 17.5 Å². The molecule has 0 bridgehead atoms. The summed E-state index contributed by atoms with van der Waals surface area (Å²) in [5, 5.41) is 6.50. The van der Waals surface area contributed by atoms with E-state index in [1.807, 2.05) is 73.7 Å². The van der Waals surface area contributed by atoms with Crippen LogP contribution >= 0.6 is 11.6 Å². The largest absolute Gasteiger partial charge is 0.493 e. The van der Waals surface area contributed by atoms with Crippen LogP contribution in [0.15, 0.2) is 83.5 Å². The van der Waals surface area contributed by atoms with Crippen LogP contribution in [0.3, 0.4) is 0 Å². The minimum Gasteiger partial charge on any atom is -0.493 e. The molecule has 0 fully saturated rings. The van der Waals surface area contributed by atoms with Crippen molar-refractivity contribution in [3.8, 4) is 11.5 Å². The van der Waals surface area contributed by atoms with E-state index in [2.05, 4.69) is 5.10 Å². The second kappa shape index (κ2) is 9.71. The van der Waals surface area contributed by atoms with Crippen molar-refractivity contribution in [2.75, 3.05) is 18.7 Å². The smallest absolute Gasteiger partial charge is 0.281 e. The van der Waals surface area contributed by atoms with Gasteiger partial charge >= 0.3 is 0 Å². The highest BCUT2D eigenvalue weighted by molar-refractivity contribution is 6.37. The van der Waals surface area contributed by atoms with Crippen LogP contribution in [0.4, 0.5) is 5.69 Å². The molecule has 0 radical (unpaired) electrons. The number of hydrogen-bond donors (Lipinski definition) is 0. The molecule has 0 unspecified atom stereocenters. The average molecular weight is 447 g/mol. The predicted octanol–water partition coefficient (Wildman–Crippen LogP) is 5.97. The molecule has 3 aromatic rings. The maximum Gasteiger partial charge on any atom is 0.281 e. The van der Waals surface area contributed by atoms with Crippen molar-refractivity contribution in [3.63, 3.8) is 0 Å². The number of hydrazone groups is 1. The van der Waals surface area contributed by atoms with E-state index in [1.54, 1.807) is 19.3 Å². The number of carbonyl (C=O) groups excluding carboxylic acids is 1. The second-order valence-corrected chi connectivity index (χ2v) is 7.61. The molecule has 1 heterocycles. The summed E-state index contributed by atoms with van der Waals surface area (Å²) in [5.41, 5.74) is 3.35. The highest BCUT2D eigenvalue weighted by Gasteiger charge is 2.32. The van der Waals surface area contributed by atoms with Crippen molar-refractivity contribution < 1.29 is 14.3 Å². The van der Waals surface area contributed by atoms with Gasteiger partial charge in [-0.1, -0.05) is 67.1 Å². The number of carbonyl (C=O) groups is 1. The van der Waals surface area contributed by atoms with Gasteiger partial charge in [-0.15, -0.1) is 0 Å². The topological polar surface area (TPSA) is 51.1 Å². The molecular weight excluding hydrogens is 424 g/mol. The first kappa shape index (κ1) is 21.7. The lowest BCUT2D eigenvalue weighted by atomic mass is 10.00. The molecule has 3 aromatic carbocycles. The second-order valence-electron chi connectivity index (χ2n) is 7.21. The molecule has 0 saturated carbocycles. The molecule has 32 heavy (non-hydrogen) atoms. The Morgan fingerprint density at radius 2 is 1.72 bits per heavy atom. The highest BCUT2D eigenvalue weighted by Crippen LogP contribution is 2.38. The van der Waals surface area contributed by atoms with E-state index in [4.69, 9.17) is 21.1 Å². The summed E-state index contributed by atoms with van der Waals surface area (Å²) in [6.07, 6.45) is 2.64. The first-order valence-corrected chi connectivity index (χ1v) is 10.8. The quantitative estimate of drug-likeness (QED) is 0.420. The lowest BCUT2D eigenvalue weighted by Gasteiger charge is -2.13. The minimum absolute atomic E-state index is 0.212. The van der Waals surface area contributed by atoms with E-state index in [-0.39, 0.29) is 5.91 Å². The number of rotatable bonds is 7. The Morgan fingerprint density at radius 1 is 1.03 bits per heavy atom. The van der Waals surface area contributed by atoms with Gasteiger partial charge < -0.3 is 9.47 Å². The van der Waals surface area contributed by atoms with Gasteiger partial charge in [0.25, 0.3) is 5.91 Å². The van der Waals surface area contributed by atoms with Gasteiger partial charge in [-0.3, -0.25) is 4.79 Å². The Morgan fingerprint density at radius 3 is 2.38 bits per heavy atom. The Kier molecular flexibility index (Phi) is 6.57. The van der Waals surface area contributed by atoms with E-state index >= 15 is 0 Å². The molecule has 0 atom stereocenters. The van der Waals surface area contributed by atoms with Crippen molar-refractivity contribution in [1.29, 1.82) is 0 Å². The number of amides is 1. The summed E-state index contributed by atoms with van der Waals surface area (Å²) in [7, 11) is 1.57. The zero-order valence-corrected chi connectivity index (χ0v) is 18.7. The van der Waals surface area contributed by atoms with E-state index in [9.17, 15) is 4.79 Å². The lowest BCUT2D eigenvalue weighted by Crippen LogP contribution is -2.21. The Bertz CT molecular complexity index is 1170. The van der Waals surface area contributed by atoms with E-state index < -0.39 is 0 Å². The van der Waals surface area contributed by atoms with Gasteiger partial charge in [-0.05, 0) is 42.3 Å². The number of methoxy groups -OCH3 is 1. The van der Waals surface area contributed by atoms with Crippen molar-refractivity contribution in [2.45, 2.75) is 13.3 Å². The standard InChI is InChI=1S/C26H23ClN2O3/c1-3-14-32-25-22(27)16-18(17-23(25)31-2)15-21-24(19-10-6-4-7-11-19)28-29(26(21)30)20-12-8-5-9-13-20/h4-13,15-17H,3,14H2,1-2H3/b21-15-. The molecule has 0 N–H and O–H groups in total. The van der Waals surface area contributed by atoms with Crippen LogP contribution in [0.2, 0.25) is 5.02 Å². The molecule has 0 aliphatic carbocycles. The molecule has 0 aromatic heterocycles. The molecule has 1 aliphatic heterocycles. The molecule has 6 heteroatoms. The Labute approximate surface area is 192 Å². The van der Waals surface area contributed by atoms with Crippen LogP contribution < -0.4 is 14.5 Å². The summed E-state index contributed by atoms with van der Waals surface area (Å²) in [4.78, 5) is 13.4. The third-order valence-corrected chi connectivity index (χ3v) is 5.22. The van der Waals surface area contributed by atoms with Gasteiger partial charge in [-0.25, -0.2) is 0 Å². The van der Waals surface area contributed by atoms with Crippen LogP contribution in [-0.4, -0.2) is 25.3 Å². The van der Waals surface area contributed by atoms with Crippen molar-refractivity contribution in [3.05, 3.63) is 94.5 Å². The van der Waals surface area contributed by atoms with Gasteiger partial charge in [-0.2, -0.15) is 10.1 Å². The molecule has 0 spiro atoms. The molecule has 1 aliphatic rings. The van der Waals surface area contributed by atoms with Crippen LogP contribution in [0.5, 0.6) is 11.5 Å². The molecular formula is C26H23ClN2O3. The number of halogens is 1. The summed E-state index contributed by atoms with van der Waals surface area (Å²) in [5.74, 6) is 0.802. The van der Waals surface area contributed by atoms with E-state index in [0.29, 0.717) is 40.1 Å². The number of nitrogens with zero attached hydrogens (tertiary/aromatic N) is 2. The normalized spacial score (nSPS) is 14.6. The zero-order valence-electron chi connectivity index (χ0n) is 17.9. The number of anilines is 1. The summed E-state index contributed by atoms with van der Waals surface area (Å²) >= 11 is 6.49. The molecule has 5 nitrogen and oxygen atoms in total. The van der Waals surface area contributed by atoms with Gasteiger partial charge in [0.2, 0.25) is 0 Å². The first-order valence-electron chi connectivity index (χ1n) is 10.4. The maximum atomic E-state index is 13.4. The fourth-order valence-electron chi connectivity index (χ4n) is 3.43. The fourth-order valence-corrected chi connectivity index (χ4v) is 3.71. The summed E-state index contributed by atoms with van der Waals surface area (Å²) in [6, 6.07) is 22.6. The minimum atomic E-state index is -0.212. The van der Waals surface area contributed by atoms with Gasteiger partial charge in [0.05, 0.1) is 30.0 Å². The van der Waals surface area contributed by atoms with Crippen LogP contribution in [0, 0.1) is 0 Å². The number of para-hydroxylation sites is 1. The number of benzene rings is 3. The van der Waals surface area contributed by atoms with Crippen molar-refractivity contribution >= 4 is 35.0 Å². The number of ether oxygens (including phenoxy) is 2. The summed E-state index contributed by atoms with van der Waals surface area (Å²) < 4.78 is 11.2. The van der Waals surface area contributed by atoms with E-state index in [1.165, 1.54) is 5.01 Å². The average Bonchev–Trinajstić information content (AvgIpc) is 3.15. The molecule has 4 rings (SSSR count). The highest BCUT2D eigenvalue weighted by atomic mass is 35.5. The first-order chi connectivity index (χ1) is 15.6. The molecule has 162 valence electrons. The predicted molar refractivity (Wildman–Crippen MR) is 129 cm³/mol. The van der Waals surface area contributed by atoms with Crippen LogP contribution in [0.25, 0.3) is 6.08 Å². The van der Waals surface area contributed by atoms with Gasteiger partial charge in [0.15, 0.2) is 11.5 Å². The van der Waals surface area contributed by atoms with Gasteiger partial charge in [0.1, 0.15) is 5.71 Å². The third kappa shape index (κ3) is 4.39. The fraction of sp³-hybridized carbons (Fsp3) is 0.154.